The second kappa shape index (κ2) is 10.5. The highest BCUT2D eigenvalue weighted by Crippen LogP contribution is 2.36. The van der Waals surface area contributed by atoms with Gasteiger partial charge in [0, 0.05) is 29.6 Å². The summed E-state index contributed by atoms with van der Waals surface area (Å²) in [6, 6.07) is 15.9. The zero-order chi connectivity index (χ0) is 22.4. The molecular weight excluding hydrogens is 386 g/mol. The van der Waals surface area contributed by atoms with E-state index in [2.05, 4.69) is 20.8 Å². The minimum absolute atomic E-state index is 0.0498. The van der Waals surface area contributed by atoms with Crippen LogP contribution < -0.4 is 4.74 Å². The maximum absolute atomic E-state index is 13.4. The van der Waals surface area contributed by atoms with Gasteiger partial charge in [-0.2, -0.15) is 0 Å². The van der Waals surface area contributed by atoms with Crippen LogP contribution in [0.1, 0.15) is 63.4 Å². The summed E-state index contributed by atoms with van der Waals surface area (Å²) in [5.41, 5.74) is 2.60. The highest BCUT2D eigenvalue weighted by molar-refractivity contribution is 6.00. The van der Waals surface area contributed by atoms with Crippen LogP contribution >= 0.6 is 0 Å². The summed E-state index contributed by atoms with van der Waals surface area (Å²) in [6.45, 7) is 6.61. The van der Waals surface area contributed by atoms with Gasteiger partial charge in [-0.1, -0.05) is 70.0 Å². The lowest BCUT2D eigenvalue weighted by Gasteiger charge is -2.33. The van der Waals surface area contributed by atoms with Crippen molar-refractivity contribution < 1.29 is 13.9 Å². The van der Waals surface area contributed by atoms with Crippen LogP contribution in [0.15, 0.2) is 52.9 Å². The average molecular weight is 422 g/mol. The van der Waals surface area contributed by atoms with Gasteiger partial charge >= 0.3 is 0 Å². The van der Waals surface area contributed by atoms with Crippen molar-refractivity contribution in [1.29, 1.82) is 0 Å². The molecule has 1 amide bonds. The van der Waals surface area contributed by atoms with Crippen LogP contribution in [0.3, 0.4) is 0 Å². The largest absolute Gasteiger partial charge is 0.496 e. The zero-order valence-corrected chi connectivity index (χ0v) is 19.5. The number of hydrogen-bond acceptors (Lipinski definition) is 3. The fraction of sp³-hybridized carbons (Fsp3) is 0.444. The van der Waals surface area contributed by atoms with Crippen LogP contribution in [-0.2, 0) is 0 Å². The minimum atomic E-state index is -0.0498. The summed E-state index contributed by atoms with van der Waals surface area (Å²) < 4.78 is 11.7. The van der Waals surface area contributed by atoms with Crippen LogP contribution in [-0.4, -0.2) is 31.0 Å². The normalized spacial score (nSPS) is 12.3. The molecule has 0 spiro atoms. The Morgan fingerprint density at radius 1 is 1.00 bits per heavy atom. The third-order valence-electron chi connectivity index (χ3n) is 6.25. The molecule has 2 aromatic carbocycles. The number of rotatable bonds is 10. The van der Waals surface area contributed by atoms with Gasteiger partial charge in [0.05, 0.1) is 7.11 Å². The molecule has 1 atom stereocenters. The Balaban J connectivity index is 1.97. The molecule has 4 heteroatoms. The van der Waals surface area contributed by atoms with Crippen LogP contribution in [0.4, 0.5) is 0 Å². The van der Waals surface area contributed by atoms with Crippen LogP contribution in [0.25, 0.3) is 22.1 Å². The Morgan fingerprint density at radius 3 is 2.32 bits per heavy atom. The van der Waals surface area contributed by atoms with Crippen LogP contribution in [0.5, 0.6) is 5.75 Å². The van der Waals surface area contributed by atoms with Crippen molar-refractivity contribution in [2.24, 2.45) is 5.92 Å². The van der Waals surface area contributed by atoms with Gasteiger partial charge in [0.1, 0.15) is 11.3 Å². The molecule has 0 saturated heterocycles. The van der Waals surface area contributed by atoms with E-state index >= 15 is 0 Å². The second-order valence-electron chi connectivity index (χ2n) is 8.26. The molecule has 0 N–H and O–H groups in total. The summed E-state index contributed by atoms with van der Waals surface area (Å²) in [5.74, 6) is 1.64. The molecule has 0 radical (unpaired) electrons. The van der Waals surface area contributed by atoms with E-state index in [9.17, 15) is 4.79 Å². The number of hydrogen-bond donors (Lipinski definition) is 0. The molecule has 0 aliphatic heterocycles. The quantitative estimate of drug-likeness (QED) is 0.348. The third-order valence-corrected chi connectivity index (χ3v) is 6.25. The molecule has 4 nitrogen and oxygen atoms in total. The average Bonchev–Trinajstić information content (AvgIpc) is 3.23. The highest BCUT2D eigenvalue weighted by atomic mass is 16.5. The van der Waals surface area contributed by atoms with Crippen molar-refractivity contribution in [1.82, 2.24) is 4.90 Å². The summed E-state index contributed by atoms with van der Waals surface area (Å²) in [4.78, 5) is 15.3. The molecule has 0 aliphatic carbocycles. The first-order valence-corrected chi connectivity index (χ1v) is 11.5. The van der Waals surface area contributed by atoms with Gasteiger partial charge in [-0.15, -0.1) is 0 Å². The molecule has 166 valence electrons. The lowest BCUT2D eigenvalue weighted by Crippen LogP contribution is -2.41. The topological polar surface area (TPSA) is 42.7 Å². The van der Waals surface area contributed by atoms with E-state index in [4.69, 9.17) is 9.15 Å². The predicted molar refractivity (Wildman–Crippen MR) is 128 cm³/mol. The summed E-state index contributed by atoms with van der Waals surface area (Å²) in [6.07, 6.45) is 5.50. The number of methoxy groups -OCH3 is 1. The van der Waals surface area contributed by atoms with Crippen molar-refractivity contribution in [3.8, 4) is 16.9 Å². The first-order valence-electron chi connectivity index (χ1n) is 11.5. The van der Waals surface area contributed by atoms with E-state index < -0.39 is 0 Å². The smallest absolute Gasteiger partial charge is 0.289 e. The molecular formula is C27H35NO3. The number of furan rings is 1. The van der Waals surface area contributed by atoms with Crippen molar-refractivity contribution in [2.75, 3.05) is 14.2 Å². The first kappa shape index (κ1) is 22.9. The van der Waals surface area contributed by atoms with Gasteiger partial charge in [0.15, 0.2) is 5.76 Å². The summed E-state index contributed by atoms with van der Waals surface area (Å²) in [5, 5.41) is 0.923. The van der Waals surface area contributed by atoms with Crippen molar-refractivity contribution in [3.05, 3.63) is 54.3 Å². The number of para-hydroxylation sites is 2. The van der Waals surface area contributed by atoms with Gasteiger partial charge in [-0.05, 0) is 37.3 Å². The predicted octanol–water partition coefficient (Wildman–Crippen LogP) is 7.18. The van der Waals surface area contributed by atoms with Crippen molar-refractivity contribution >= 4 is 16.9 Å². The van der Waals surface area contributed by atoms with Crippen LogP contribution in [0.2, 0.25) is 0 Å². The SMILES string of the molecule is CCCC(CCC)[C@H](CC)N(C)C(=O)c1cc2cccc(-c3ccccc3OC)c2o1. The Labute approximate surface area is 186 Å². The molecule has 1 heterocycles. The maximum Gasteiger partial charge on any atom is 0.289 e. The minimum Gasteiger partial charge on any atom is -0.496 e. The lowest BCUT2D eigenvalue weighted by atomic mass is 9.88. The van der Waals surface area contributed by atoms with Crippen molar-refractivity contribution in [2.45, 2.75) is 58.9 Å². The second-order valence-corrected chi connectivity index (χ2v) is 8.26. The van der Waals surface area contributed by atoms with E-state index in [1.807, 2.05) is 60.5 Å². The number of ether oxygens (including phenoxy) is 1. The third kappa shape index (κ3) is 4.79. The molecule has 3 aromatic rings. The molecule has 31 heavy (non-hydrogen) atoms. The Bertz CT molecular complexity index is 1000. The molecule has 3 rings (SSSR count). The fourth-order valence-corrected chi connectivity index (χ4v) is 4.77. The molecule has 0 saturated carbocycles. The zero-order valence-electron chi connectivity index (χ0n) is 19.5. The Kier molecular flexibility index (Phi) is 7.78. The first-order chi connectivity index (χ1) is 15.0. The van der Waals surface area contributed by atoms with Gasteiger partial charge in [-0.3, -0.25) is 4.79 Å². The van der Waals surface area contributed by atoms with Crippen molar-refractivity contribution in [3.63, 3.8) is 0 Å². The molecule has 0 fully saturated rings. The molecule has 0 aliphatic rings. The highest BCUT2D eigenvalue weighted by Gasteiger charge is 2.28. The van der Waals surface area contributed by atoms with E-state index in [0.717, 1.165) is 59.9 Å². The number of benzene rings is 2. The van der Waals surface area contributed by atoms with E-state index in [1.165, 1.54) is 0 Å². The fourth-order valence-electron chi connectivity index (χ4n) is 4.77. The molecule has 1 aromatic heterocycles. The van der Waals surface area contributed by atoms with Gasteiger partial charge < -0.3 is 14.1 Å². The van der Waals surface area contributed by atoms with E-state index in [1.54, 1.807) is 7.11 Å². The Hall–Kier alpha value is -2.75. The van der Waals surface area contributed by atoms with Gasteiger partial charge in [0.2, 0.25) is 0 Å². The monoisotopic (exact) mass is 421 g/mol. The van der Waals surface area contributed by atoms with Gasteiger partial charge in [-0.25, -0.2) is 0 Å². The number of carbonyl (C=O) groups excluding carboxylic acids is 1. The van der Waals surface area contributed by atoms with E-state index in [-0.39, 0.29) is 11.9 Å². The van der Waals surface area contributed by atoms with Gasteiger partial charge in [0.25, 0.3) is 5.91 Å². The number of fused-ring (bicyclic) bond motifs is 1. The lowest BCUT2D eigenvalue weighted by molar-refractivity contribution is 0.0620. The number of nitrogens with zero attached hydrogens (tertiary/aromatic N) is 1. The van der Waals surface area contributed by atoms with E-state index in [0.29, 0.717) is 11.7 Å². The number of carbonyl (C=O) groups is 1. The molecule has 0 bridgehead atoms. The Morgan fingerprint density at radius 2 is 1.68 bits per heavy atom. The molecule has 0 unspecified atom stereocenters. The standard InChI is InChI=1S/C27H35NO3/c1-6-12-19(13-7-2)23(8-3)28(4)27(29)25-18-20-14-11-16-22(26(20)31-25)21-15-9-10-17-24(21)30-5/h9-11,14-19,23H,6-8,12-13H2,1-5H3/t23-/m0/s1. The maximum atomic E-state index is 13.4. The summed E-state index contributed by atoms with van der Waals surface area (Å²) >= 11 is 0. The number of amides is 1. The van der Waals surface area contributed by atoms with Crippen LogP contribution in [0, 0.1) is 5.92 Å². The summed E-state index contributed by atoms with van der Waals surface area (Å²) in [7, 11) is 3.59.